The van der Waals surface area contributed by atoms with Crippen LogP contribution < -0.4 is 10.2 Å². The molecule has 0 heterocycles. The molecule has 106 valence electrons. The lowest BCUT2D eigenvalue weighted by Gasteiger charge is -2.15. The summed E-state index contributed by atoms with van der Waals surface area (Å²) in [5.41, 5.74) is 1.86. The highest BCUT2D eigenvalue weighted by Crippen LogP contribution is 2.23. The lowest BCUT2D eigenvalue weighted by atomic mass is 10.2. The minimum atomic E-state index is -0.568. The molecule has 0 aromatic heterocycles. The summed E-state index contributed by atoms with van der Waals surface area (Å²) >= 11 is 3.06. The third kappa shape index (κ3) is 3.28. The quantitative estimate of drug-likeness (QED) is 0.829. The first-order valence-corrected chi connectivity index (χ1v) is 6.92. The second kappa shape index (κ2) is 6.22. The van der Waals surface area contributed by atoms with Crippen LogP contribution in [-0.4, -0.2) is 14.1 Å². The second-order valence-electron chi connectivity index (χ2n) is 4.62. The lowest BCUT2D eigenvalue weighted by Crippen LogP contribution is -2.09. The Hall–Kier alpha value is -1.62. The summed E-state index contributed by atoms with van der Waals surface area (Å²) in [5.74, 6) is -1.12. The Morgan fingerprint density at radius 3 is 2.60 bits per heavy atom. The molecule has 0 saturated heterocycles. The van der Waals surface area contributed by atoms with Gasteiger partial charge in [0, 0.05) is 37.6 Å². The standard InChI is InChI=1S/C15H15BrF2N2/c1-20(2)11-5-3-4-10(8-11)19-9-12-14(17)7-6-13(16)15(12)18/h3-8,19H,9H2,1-2H3. The molecule has 0 fully saturated rings. The molecule has 0 atom stereocenters. The van der Waals surface area contributed by atoms with Gasteiger partial charge in [0.15, 0.2) is 0 Å². The van der Waals surface area contributed by atoms with Crippen LogP contribution in [-0.2, 0) is 6.54 Å². The minimum absolute atomic E-state index is 0.0228. The number of benzene rings is 2. The van der Waals surface area contributed by atoms with Crippen molar-refractivity contribution >= 4 is 27.3 Å². The summed E-state index contributed by atoms with van der Waals surface area (Å²) in [6, 6.07) is 10.3. The van der Waals surface area contributed by atoms with E-state index < -0.39 is 11.6 Å². The molecule has 0 aliphatic heterocycles. The number of nitrogens with zero attached hydrogens (tertiary/aromatic N) is 1. The highest BCUT2D eigenvalue weighted by atomic mass is 79.9. The van der Waals surface area contributed by atoms with Crippen molar-refractivity contribution in [3.8, 4) is 0 Å². The predicted molar refractivity (Wildman–Crippen MR) is 82.2 cm³/mol. The zero-order valence-corrected chi connectivity index (χ0v) is 12.8. The van der Waals surface area contributed by atoms with Gasteiger partial charge in [0.2, 0.25) is 0 Å². The maximum absolute atomic E-state index is 13.8. The summed E-state index contributed by atoms with van der Waals surface area (Å²) in [7, 11) is 3.87. The third-order valence-corrected chi connectivity index (χ3v) is 3.58. The van der Waals surface area contributed by atoms with Gasteiger partial charge in [0.05, 0.1) is 4.47 Å². The monoisotopic (exact) mass is 340 g/mol. The van der Waals surface area contributed by atoms with Gasteiger partial charge in [-0.1, -0.05) is 6.07 Å². The third-order valence-electron chi connectivity index (χ3n) is 2.97. The van der Waals surface area contributed by atoms with Crippen LogP contribution in [0.2, 0.25) is 0 Å². The zero-order valence-electron chi connectivity index (χ0n) is 11.3. The van der Waals surface area contributed by atoms with Gasteiger partial charge in [-0.2, -0.15) is 0 Å². The SMILES string of the molecule is CN(C)c1cccc(NCc2c(F)ccc(Br)c2F)c1. The van der Waals surface area contributed by atoms with Crippen molar-refractivity contribution in [2.45, 2.75) is 6.54 Å². The van der Waals surface area contributed by atoms with Gasteiger partial charge in [-0.25, -0.2) is 8.78 Å². The molecule has 0 amide bonds. The van der Waals surface area contributed by atoms with E-state index in [1.807, 2.05) is 43.3 Å². The highest BCUT2D eigenvalue weighted by Gasteiger charge is 2.12. The van der Waals surface area contributed by atoms with Crippen molar-refractivity contribution in [3.63, 3.8) is 0 Å². The van der Waals surface area contributed by atoms with Crippen LogP contribution in [0.4, 0.5) is 20.2 Å². The maximum Gasteiger partial charge on any atom is 0.145 e. The van der Waals surface area contributed by atoms with E-state index in [2.05, 4.69) is 21.2 Å². The molecule has 1 N–H and O–H groups in total. The van der Waals surface area contributed by atoms with Crippen LogP contribution >= 0.6 is 15.9 Å². The van der Waals surface area contributed by atoms with Crippen molar-refractivity contribution in [2.75, 3.05) is 24.3 Å². The first-order valence-electron chi connectivity index (χ1n) is 6.12. The number of anilines is 2. The molecular formula is C15H15BrF2N2. The minimum Gasteiger partial charge on any atom is -0.381 e. The average Bonchev–Trinajstić information content (AvgIpc) is 2.43. The van der Waals surface area contributed by atoms with E-state index in [0.717, 1.165) is 11.4 Å². The van der Waals surface area contributed by atoms with Gasteiger partial charge in [-0.3, -0.25) is 0 Å². The van der Waals surface area contributed by atoms with Gasteiger partial charge in [-0.05, 0) is 46.3 Å². The Balaban J connectivity index is 2.17. The van der Waals surface area contributed by atoms with Gasteiger partial charge >= 0.3 is 0 Å². The Morgan fingerprint density at radius 2 is 1.90 bits per heavy atom. The molecule has 0 aliphatic rings. The summed E-state index contributed by atoms with van der Waals surface area (Å²) in [6.45, 7) is 0.0913. The van der Waals surface area contributed by atoms with Crippen molar-refractivity contribution < 1.29 is 8.78 Å². The molecule has 0 spiro atoms. The lowest BCUT2D eigenvalue weighted by molar-refractivity contribution is 0.555. The fourth-order valence-corrected chi connectivity index (χ4v) is 2.19. The fraction of sp³-hybridized carbons (Fsp3) is 0.200. The maximum atomic E-state index is 13.8. The Labute approximate surface area is 125 Å². The molecule has 2 rings (SSSR count). The van der Waals surface area contributed by atoms with E-state index >= 15 is 0 Å². The molecule has 0 radical (unpaired) electrons. The highest BCUT2D eigenvalue weighted by molar-refractivity contribution is 9.10. The first kappa shape index (κ1) is 14.8. The average molecular weight is 341 g/mol. The van der Waals surface area contributed by atoms with Crippen molar-refractivity contribution in [2.24, 2.45) is 0 Å². The van der Waals surface area contributed by atoms with Crippen molar-refractivity contribution in [1.29, 1.82) is 0 Å². The first-order chi connectivity index (χ1) is 9.49. The van der Waals surface area contributed by atoms with E-state index in [9.17, 15) is 8.78 Å². The second-order valence-corrected chi connectivity index (χ2v) is 5.47. The molecule has 5 heteroatoms. The Morgan fingerprint density at radius 1 is 1.15 bits per heavy atom. The fourth-order valence-electron chi connectivity index (χ4n) is 1.82. The number of nitrogens with one attached hydrogen (secondary N) is 1. The van der Waals surface area contributed by atoms with Gasteiger partial charge < -0.3 is 10.2 Å². The van der Waals surface area contributed by atoms with Crippen LogP contribution in [0.15, 0.2) is 40.9 Å². The normalized spacial score (nSPS) is 10.4. The molecule has 0 unspecified atom stereocenters. The molecular weight excluding hydrogens is 326 g/mol. The molecule has 20 heavy (non-hydrogen) atoms. The van der Waals surface area contributed by atoms with E-state index in [4.69, 9.17) is 0 Å². The van der Waals surface area contributed by atoms with Crippen LogP contribution in [0.25, 0.3) is 0 Å². The van der Waals surface area contributed by atoms with Crippen molar-refractivity contribution in [3.05, 3.63) is 58.1 Å². The molecule has 0 bridgehead atoms. The van der Waals surface area contributed by atoms with E-state index in [1.165, 1.54) is 12.1 Å². The van der Waals surface area contributed by atoms with Crippen molar-refractivity contribution in [1.82, 2.24) is 0 Å². The van der Waals surface area contributed by atoms with Crippen LogP contribution in [0.5, 0.6) is 0 Å². The zero-order chi connectivity index (χ0) is 14.7. The number of halogens is 3. The van der Waals surface area contributed by atoms with Gasteiger partial charge in [0.25, 0.3) is 0 Å². The molecule has 2 aromatic rings. The van der Waals surface area contributed by atoms with Crippen LogP contribution in [0.3, 0.4) is 0 Å². The van der Waals surface area contributed by atoms with E-state index in [1.54, 1.807) is 0 Å². The van der Waals surface area contributed by atoms with Gasteiger partial charge in [-0.15, -0.1) is 0 Å². The molecule has 0 saturated carbocycles. The molecule has 0 aliphatic carbocycles. The smallest absolute Gasteiger partial charge is 0.145 e. The predicted octanol–water partition coefficient (Wildman–Crippen LogP) is 4.41. The molecule has 2 nitrogen and oxygen atoms in total. The van der Waals surface area contributed by atoms with Crippen LogP contribution in [0.1, 0.15) is 5.56 Å². The number of hydrogen-bond acceptors (Lipinski definition) is 2. The number of hydrogen-bond donors (Lipinski definition) is 1. The topological polar surface area (TPSA) is 15.3 Å². The largest absolute Gasteiger partial charge is 0.381 e. The van der Waals surface area contributed by atoms with E-state index in [-0.39, 0.29) is 16.6 Å². The van der Waals surface area contributed by atoms with Gasteiger partial charge in [0.1, 0.15) is 11.6 Å². The summed E-state index contributed by atoms with van der Waals surface area (Å²) in [4.78, 5) is 1.96. The van der Waals surface area contributed by atoms with Crippen LogP contribution in [0, 0.1) is 11.6 Å². The summed E-state index contributed by atoms with van der Waals surface area (Å²) in [5, 5.41) is 3.04. The molecule has 2 aromatic carbocycles. The summed E-state index contributed by atoms with van der Waals surface area (Å²) < 4.78 is 27.7. The summed E-state index contributed by atoms with van der Waals surface area (Å²) in [6.07, 6.45) is 0. The Bertz CT molecular complexity index is 615. The Kier molecular flexibility index (Phi) is 4.60. The number of rotatable bonds is 4. The van der Waals surface area contributed by atoms with E-state index in [0.29, 0.717) is 0 Å².